The number of hydrogen-bond acceptors (Lipinski definition) is 3. The molecular formula is C6H13NO2. The normalized spacial score (nSPS) is 11.0. The molecule has 0 saturated heterocycles. The summed E-state index contributed by atoms with van der Waals surface area (Å²) in [5.41, 5.74) is -0.378. The summed E-state index contributed by atoms with van der Waals surface area (Å²) in [4.78, 5) is 9.85. The van der Waals surface area contributed by atoms with Gasteiger partial charge in [-0.1, -0.05) is 0 Å². The minimum Gasteiger partial charge on any atom is -0.461 e. The van der Waals surface area contributed by atoms with Crippen LogP contribution in [-0.2, 0) is 9.53 Å². The average molecular weight is 131 g/mol. The Morgan fingerprint density at radius 1 is 1.67 bits per heavy atom. The third-order valence-corrected chi connectivity index (χ3v) is 0.970. The van der Waals surface area contributed by atoms with Gasteiger partial charge < -0.3 is 10.1 Å². The van der Waals surface area contributed by atoms with E-state index in [-0.39, 0.29) is 5.60 Å². The van der Waals surface area contributed by atoms with Crippen molar-refractivity contribution >= 4 is 6.47 Å². The van der Waals surface area contributed by atoms with Gasteiger partial charge in [0.15, 0.2) is 0 Å². The van der Waals surface area contributed by atoms with Gasteiger partial charge in [0.05, 0.1) is 0 Å². The SMILES string of the molecule is CNCC(C)(C)OC=O. The van der Waals surface area contributed by atoms with Crippen molar-refractivity contribution < 1.29 is 9.53 Å². The van der Waals surface area contributed by atoms with Crippen LogP contribution in [0.3, 0.4) is 0 Å². The molecule has 0 heterocycles. The molecule has 0 aliphatic carbocycles. The molecule has 0 saturated carbocycles. The van der Waals surface area contributed by atoms with Gasteiger partial charge in [-0.25, -0.2) is 0 Å². The van der Waals surface area contributed by atoms with Gasteiger partial charge in [-0.2, -0.15) is 0 Å². The fourth-order valence-corrected chi connectivity index (χ4v) is 0.598. The topological polar surface area (TPSA) is 38.3 Å². The Morgan fingerprint density at radius 2 is 2.22 bits per heavy atom. The van der Waals surface area contributed by atoms with E-state index in [2.05, 4.69) is 5.32 Å². The van der Waals surface area contributed by atoms with Crippen LogP contribution >= 0.6 is 0 Å². The van der Waals surface area contributed by atoms with Crippen molar-refractivity contribution in [3.8, 4) is 0 Å². The monoisotopic (exact) mass is 131 g/mol. The van der Waals surface area contributed by atoms with Crippen LogP contribution in [0.15, 0.2) is 0 Å². The Balaban J connectivity index is 3.55. The second-order valence-corrected chi connectivity index (χ2v) is 2.50. The molecule has 54 valence electrons. The van der Waals surface area contributed by atoms with Crippen molar-refractivity contribution in [3.05, 3.63) is 0 Å². The minimum absolute atomic E-state index is 0.378. The number of carbonyl (C=O) groups excluding carboxylic acids is 1. The fraction of sp³-hybridized carbons (Fsp3) is 0.833. The van der Waals surface area contributed by atoms with E-state index in [1.165, 1.54) is 0 Å². The number of rotatable bonds is 4. The Kier molecular flexibility index (Phi) is 3.24. The van der Waals surface area contributed by atoms with Gasteiger partial charge in [0, 0.05) is 6.54 Å². The quantitative estimate of drug-likeness (QED) is 0.552. The standard InChI is InChI=1S/C6H13NO2/c1-6(2,4-7-3)9-5-8/h5,7H,4H2,1-3H3. The molecule has 0 aliphatic rings. The molecule has 0 aromatic heterocycles. The summed E-state index contributed by atoms with van der Waals surface area (Å²) in [6.45, 7) is 4.83. The van der Waals surface area contributed by atoms with E-state index in [1.54, 1.807) is 0 Å². The highest BCUT2D eigenvalue weighted by atomic mass is 16.5. The summed E-state index contributed by atoms with van der Waals surface area (Å²) in [5, 5.41) is 2.91. The van der Waals surface area contributed by atoms with Gasteiger partial charge in [-0.05, 0) is 20.9 Å². The van der Waals surface area contributed by atoms with Crippen LogP contribution in [0.4, 0.5) is 0 Å². The molecule has 0 bridgehead atoms. The second-order valence-electron chi connectivity index (χ2n) is 2.50. The van der Waals surface area contributed by atoms with Crippen LogP contribution in [0.1, 0.15) is 13.8 Å². The molecule has 3 heteroatoms. The Labute approximate surface area is 55.4 Å². The van der Waals surface area contributed by atoms with E-state index in [9.17, 15) is 4.79 Å². The molecule has 3 nitrogen and oxygen atoms in total. The largest absolute Gasteiger partial charge is 0.461 e. The van der Waals surface area contributed by atoms with Crippen LogP contribution < -0.4 is 5.32 Å². The summed E-state index contributed by atoms with van der Waals surface area (Å²) in [5.74, 6) is 0. The van der Waals surface area contributed by atoms with Crippen molar-refractivity contribution in [2.75, 3.05) is 13.6 Å². The number of ether oxygens (including phenoxy) is 1. The van der Waals surface area contributed by atoms with Crippen molar-refractivity contribution in [1.29, 1.82) is 0 Å². The molecule has 9 heavy (non-hydrogen) atoms. The van der Waals surface area contributed by atoms with Crippen molar-refractivity contribution in [2.45, 2.75) is 19.4 Å². The van der Waals surface area contributed by atoms with E-state index in [0.717, 1.165) is 0 Å². The first-order valence-electron chi connectivity index (χ1n) is 2.88. The lowest BCUT2D eigenvalue weighted by Crippen LogP contribution is -2.35. The van der Waals surface area contributed by atoms with Gasteiger partial charge in [0.1, 0.15) is 5.60 Å². The number of nitrogens with one attached hydrogen (secondary N) is 1. The predicted octanol–water partition coefficient (Wildman–Crippen LogP) is 0.157. The zero-order valence-electron chi connectivity index (χ0n) is 6.10. The molecule has 0 aromatic rings. The zero-order chi connectivity index (χ0) is 7.33. The molecule has 0 rings (SSSR count). The van der Waals surface area contributed by atoms with Crippen LogP contribution in [-0.4, -0.2) is 25.7 Å². The molecule has 0 spiro atoms. The lowest BCUT2D eigenvalue weighted by atomic mass is 10.1. The molecule has 0 aromatic carbocycles. The number of carbonyl (C=O) groups is 1. The molecule has 0 radical (unpaired) electrons. The highest BCUT2D eigenvalue weighted by Gasteiger charge is 2.16. The minimum atomic E-state index is -0.378. The van der Waals surface area contributed by atoms with Crippen molar-refractivity contribution in [1.82, 2.24) is 5.32 Å². The molecular weight excluding hydrogens is 118 g/mol. The number of likely N-dealkylation sites (N-methyl/N-ethyl adjacent to an activating group) is 1. The summed E-state index contributed by atoms with van der Waals surface area (Å²) >= 11 is 0. The molecule has 0 unspecified atom stereocenters. The third kappa shape index (κ3) is 3.97. The second kappa shape index (κ2) is 3.45. The predicted molar refractivity (Wildman–Crippen MR) is 35.2 cm³/mol. The summed E-state index contributed by atoms with van der Waals surface area (Å²) < 4.78 is 4.73. The first kappa shape index (κ1) is 8.43. The van der Waals surface area contributed by atoms with E-state index in [0.29, 0.717) is 13.0 Å². The van der Waals surface area contributed by atoms with E-state index >= 15 is 0 Å². The summed E-state index contributed by atoms with van der Waals surface area (Å²) in [6.07, 6.45) is 0. The first-order chi connectivity index (χ1) is 4.12. The third-order valence-electron chi connectivity index (χ3n) is 0.970. The highest BCUT2D eigenvalue weighted by Crippen LogP contribution is 2.03. The maximum atomic E-state index is 9.85. The number of hydrogen-bond donors (Lipinski definition) is 1. The summed E-state index contributed by atoms with van der Waals surface area (Å²) in [6, 6.07) is 0. The maximum Gasteiger partial charge on any atom is 0.293 e. The lowest BCUT2D eigenvalue weighted by Gasteiger charge is -2.21. The van der Waals surface area contributed by atoms with Crippen LogP contribution in [0.5, 0.6) is 0 Å². The molecule has 0 amide bonds. The van der Waals surface area contributed by atoms with Gasteiger partial charge in [-0.15, -0.1) is 0 Å². The fourth-order valence-electron chi connectivity index (χ4n) is 0.598. The van der Waals surface area contributed by atoms with E-state index in [1.807, 2.05) is 20.9 Å². The van der Waals surface area contributed by atoms with Gasteiger partial charge in [0.25, 0.3) is 6.47 Å². The molecule has 0 aliphatic heterocycles. The lowest BCUT2D eigenvalue weighted by molar-refractivity contribution is -0.139. The van der Waals surface area contributed by atoms with E-state index in [4.69, 9.17) is 4.74 Å². The highest BCUT2D eigenvalue weighted by molar-refractivity contribution is 5.38. The van der Waals surface area contributed by atoms with Crippen molar-refractivity contribution in [2.24, 2.45) is 0 Å². The van der Waals surface area contributed by atoms with Gasteiger partial charge in [0.2, 0.25) is 0 Å². The average Bonchev–Trinajstić information content (AvgIpc) is 1.64. The maximum absolute atomic E-state index is 9.85. The Bertz CT molecular complexity index is 91.1. The van der Waals surface area contributed by atoms with Crippen LogP contribution in [0.25, 0.3) is 0 Å². The molecule has 0 fully saturated rings. The first-order valence-corrected chi connectivity index (χ1v) is 2.88. The Morgan fingerprint density at radius 3 is 2.56 bits per heavy atom. The van der Waals surface area contributed by atoms with Crippen LogP contribution in [0.2, 0.25) is 0 Å². The van der Waals surface area contributed by atoms with Crippen LogP contribution in [0, 0.1) is 0 Å². The van der Waals surface area contributed by atoms with E-state index < -0.39 is 0 Å². The molecule has 1 N–H and O–H groups in total. The summed E-state index contributed by atoms with van der Waals surface area (Å²) in [7, 11) is 1.82. The van der Waals surface area contributed by atoms with Gasteiger partial charge >= 0.3 is 0 Å². The van der Waals surface area contributed by atoms with Gasteiger partial charge in [-0.3, -0.25) is 4.79 Å². The molecule has 0 atom stereocenters. The zero-order valence-corrected chi connectivity index (χ0v) is 6.10. The van der Waals surface area contributed by atoms with Crippen molar-refractivity contribution in [3.63, 3.8) is 0 Å². The Hall–Kier alpha value is -0.570. The smallest absolute Gasteiger partial charge is 0.293 e.